The molecule has 0 aliphatic rings. The van der Waals surface area contributed by atoms with E-state index < -0.39 is 11.4 Å². The summed E-state index contributed by atoms with van der Waals surface area (Å²) in [7, 11) is 0. The van der Waals surface area contributed by atoms with E-state index in [9.17, 15) is 19.8 Å². The number of aryl methyl sites for hydroxylation is 2. The number of nitrogens with zero attached hydrogens (tertiary/aromatic N) is 1. The average Bonchev–Trinajstić information content (AvgIpc) is 2.72. The van der Waals surface area contributed by atoms with Crippen LogP contribution in [0.2, 0.25) is 0 Å². The summed E-state index contributed by atoms with van der Waals surface area (Å²) in [6, 6.07) is 11.5. The molecule has 2 N–H and O–H groups in total. The van der Waals surface area contributed by atoms with E-state index in [1.807, 2.05) is 13.8 Å². The molecule has 182 valence electrons. The number of carbonyl (C=O) groups excluding carboxylic acids is 1. The quantitative estimate of drug-likeness (QED) is 0.277. The molecular formula is C27H33NO6. The predicted molar refractivity (Wildman–Crippen MR) is 131 cm³/mol. The highest BCUT2D eigenvalue weighted by Gasteiger charge is 2.34. The molecule has 0 amide bonds. The first kappa shape index (κ1) is 25.6. The molecule has 0 aliphatic heterocycles. The minimum Gasteiger partial charge on any atom is -0.493 e. The minimum atomic E-state index is -1.18. The van der Waals surface area contributed by atoms with Crippen molar-refractivity contribution in [3.05, 3.63) is 75.1 Å². The second-order valence-electron chi connectivity index (χ2n) is 9.58. The summed E-state index contributed by atoms with van der Waals surface area (Å²) in [6.45, 7) is 11.0. The summed E-state index contributed by atoms with van der Waals surface area (Å²) in [5.41, 5.74) is -0.256. The van der Waals surface area contributed by atoms with Crippen molar-refractivity contribution < 1.29 is 24.2 Å². The summed E-state index contributed by atoms with van der Waals surface area (Å²) in [5.74, 6) is 0.302. The van der Waals surface area contributed by atoms with Crippen LogP contribution in [0, 0.1) is 13.8 Å². The van der Waals surface area contributed by atoms with Crippen molar-refractivity contribution in [2.45, 2.75) is 59.4 Å². The molecule has 3 aromatic rings. The van der Waals surface area contributed by atoms with Gasteiger partial charge in [-0.3, -0.25) is 9.59 Å². The fourth-order valence-corrected chi connectivity index (χ4v) is 4.28. The first-order chi connectivity index (χ1) is 15.8. The van der Waals surface area contributed by atoms with Crippen LogP contribution in [0.15, 0.2) is 51.7 Å². The number of hydrogen-bond donors (Lipinski definition) is 2. The molecular weight excluding hydrogens is 434 g/mol. The zero-order valence-corrected chi connectivity index (χ0v) is 20.6. The Morgan fingerprint density at radius 1 is 1.00 bits per heavy atom. The van der Waals surface area contributed by atoms with Crippen molar-refractivity contribution in [3.8, 4) is 5.75 Å². The number of para-hydroxylation sites is 1. The topological polar surface area (TPSA) is 100 Å². The van der Waals surface area contributed by atoms with Gasteiger partial charge in [-0.1, -0.05) is 12.1 Å². The molecule has 7 nitrogen and oxygen atoms in total. The molecule has 0 fully saturated rings. The molecule has 2 aromatic carbocycles. The van der Waals surface area contributed by atoms with Crippen molar-refractivity contribution in [3.63, 3.8) is 0 Å². The second kappa shape index (κ2) is 9.70. The number of ketones is 1. The highest BCUT2D eigenvalue weighted by molar-refractivity contribution is 6.08. The van der Waals surface area contributed by atoms with E-state index in [2.05, 4.69) is 0 Å². The third-order valence-electron chi connectivity index (χ3n) is 5.67. The van der Waals surface area contributed by atoms with Gasteiger partial charge in [0.25, 0.3) is 0 Å². The number of carbonyl (C=O) groups is 1. The maximum Gasteiger partial charge on any atom is 0.228 e. The molecule has 3 rings (SSSR count). The molecule has 0 spiro atoms. The molecule has 0 radical (unpaired) electrons. The fourth-order valence-electron chi connectivity index (χ4n) is 4.28. The molecule has 0 bridgehead atoms. The van der Waals surface area contributed by atoms with Gasteiger partial charge in [0.15, 0.2) is 11.2 Å². The maximum atomic E-state index is 13.1. The van der Waals surface area contributed by atoms with Gasteiger partial charge in [-0.25, -0.2) is 4.90 Å². The van der Waals surface area contributed by atoms with E-state index in [0.29, 0.717) is 41.9 Å². The van der Waals surface area contributed by atoms with Crippen molar-refractivity contribution in [1.82, 2.24) is 4.90 Å². The van der Waals surface area contributed by atoms with Gasteiger partial charge in [-0.05, 0) is 83.4 Å². The number of ether oxygens (including phenoxy) is 1. The summed E-state index contributed by atoms with van der Waals surface area (Å²) < 4.78 is 11.7. The van der Waals surface area contributed by atoms with Gasteiger partial charge in [-0.15, -0.1) is 0 Å². The van der Waals surface area contributed by atoms with Crippen LogP contribution < -0.4 is 10.2 Å². The lowest BCUT2D eigenvalue weighted by Gasteiger charge is -2.42. The lowest BCUT2D eigenvalue weighted by molar-refractivity contribution is -0.200. The summed E-state index contributed by atoms with van der Waals surface area (Å²) >= 11 is 0. The third-order valence-corrected chi connectivity index (χ3v) is 5.67. The number of aliphatic hydroxyl groups is 2. The highest BCUT2D eigenvalue weighted by Crippen LogP contribution is 2.27. The number of rotatable bonds is 9. The van der Waals surface area contributed by atoms with E-state index in [1.54, 1.807) is 69.0 Å². The number of hydrogen-bond acceptors (Lipinski definition) is 7. The zero-order chi connectivity index (χ0) is 25.3. The van der Waals surface area contributed by atoms with E-state index in [0.717, 1.165) is 11.1 Å². The van der Waals surface area contributed by atoms with Crippen LogP contribution in [-0.4, -0.2) is 45.5 Å². The van der Waals surface area contributed by atoms with Crippen LogP contribution in [0.4, 0.5) is 0 Å². The first-order valence-electron chi connectivity index (χ1n) is 11.3. The molecule has 1 heterocycles. The van der Waals surface area contributed by atoms with Gasteiger partial charge in [0.05, 0.1) is 12.0 Å². The summed E-state index contributed by atoms with van der Waals surface area (Å²) in [4.78, 5) is 27.0. The Morgan fingerprint density at radius 2 is 1.59 bits per heavy atom. The minimum absolute atomic E-state index is 0.00510. The molecule has 1 aromatic heterocycles. The van der Waals surface area contributed by atoms with Gasteiger partial charge in [0.1, 0.15) is 22.8 Å². The van der Waals surface area contributed by atoms with Crippen LogP contribution >= 0.6 is 0 Å². The van der Waals surface area contributed by atoms with Crippen LogP contribution in [-0.2, 0) is 0 Å². The van der Waals surface area contributed by atoms with Crippen LogP contribution in [0.5, 0.6) is 5.75 Å². The number of fused-ring (bicyclic) bond motifs is 1. The Kier molecular flexibility index (Phi) is 7.31. The van der Waals surface area contributed by atoms with E-state index in [1.165, 1.54) is 6.07 Å². The second-order valence-corrected chi connectivity index (χ2v) is 9.58. The Labute approximate surface area is 199 Å². The van der Waals surface area contributed by atoms with Crippen LogP contribution in [0.25, 0.3) is 11.0 Å². The van der Waals surface area contributed by atoms with E-state index in [-0.39, 0.29) is 17.0 Å². The molecule has 0 unspecified atom stereocenters. The SMILES string of the molecule is Cc1cc(C(=O)c2cc(=O)c3ccccc3o2)cc(C)c1OCCCN(C(C)(C)O)C(C)(C)O. The fraction of sp³-hybridized carbons (Fsp3) is 0.407. The van der Waals surface area contributed by atoms with Crippen molar-refractivity contribution >= 4 is 16.8 Å². The Hall–Kier alpha value is -3.00. The normalized spacial score (nSPS) is 12.4. The van der Waals surface area contributed by atoms with Gasteiger partial charge in [0.2, 0.25) is 5.78 Å². The summed E-state index contributed by atoms with van der Waals surface area (Å²) in [6.07, 6.45) is 0.579. The number of benzene rings is 2. The maximum absolute atomic E-state index is 13.1. The Bertz CT molecular complexity index is 1210. The van der Waals surface area contributed by atoms with Crippen LogP contribution in [0.1, 0.15) is 61.4 Å². The van der Waals surface area contributed by atoms with Crippen LogP contribution in [0.3, 0.4) is 0 Å². The standard InChI is InChI=1S/C27H33NO6/c1-17-14-19(24(30)23-16-21(29)20-10-7-8-11-22(20)34-23)15-18(2)25(17)33-13-9-12-28(26(3,4)31)27(5,6)32/h7-8,10-11,14-16,31-32H,9,12-13H2,1-6H3. The van der Waals surface area contributed by atoms with Crippen molar-refractivity contribution in [2.24, 2.45) is 0 Å². The monoisotopic (exact) mass is 467 g/mol. The zero-order valence-electron chi connectivity index (χ0n) is 20.6. The molecule has 0 saturated carbocycles. The largest absolute Gasteiger partial charge is 0.493 e. The van der Waals surface area contributed by atoms with Gasteiger partial charge in [-0.2, -0.15) is 0 Å². The summed E-state index contributed by atoms with van der Waals surface area (Å²) in [5, 5.41) is 21.1. The van der Waals surface area contributed by atoms with Crippen molar-refractivity contribution in [1.29, 1.82) is 0 Å². The Balaban J connectivity index is 1.74. The lowest BCUT2D eigenvalue weighted by Crippen LogP contribution is -2.56. The van der Waals surface area contributed by atoms with E-state index >= 15 is 0 Å². The predicted octanol–water partition coefficient (Wildman–Crippen LogP) is 4.17. The lowest BCUT2D eigenvalue weighted by atomic mass is 10.0. The van der Waals surface area contributed by atoms with E-state index in [4.69, 9.17) is 9.15 Å². The average molecular weight is 468 g/mol. The van der Waals surface area contributed by atoms with Crippen molar-refractivity contribution in [2.75, 3.05) is 13.2 Å². The van der Waals surface area contributed by atoms with Gasteiger partial charge >= 0.3 is 0 Å². The highest BCUT2D eigenvalue weighted by atomic mass is 16.5. The van der Waals surface area contributed by atoms with Gasteiger partial charge < -0.3 is 19.4 Å². The molecule has 0 aliphatic carbocycles. The third kappa shape index (κ3) is 5.73. The first-order valence-corrected chi connectivity index (χ1v) is 11.3. The Morgan fingerprint density at radius 3 is 2.18 bits per heavy atom. The molecule has 0 atom stereocenters. The smallest absolute Gasteiger partial charge is 0.228 e. The molecule has 34 heavy (non-hydrogen) atoms. The molecule has 0 saturated heterocycles. The molecule has 7 heteroatoms. The van der Waals surface area contributed by atoms with Gasteiger partial charge in [0, 0.05) is 18.2 Å².